The molecule has 0 spiro atoms. The van der Waals surface area contributed by atoms with E-state index >= 15 is 0 Å². The lowest BCUT2D eigenvalue weighted by Crippen LogP contribution is -1.86. The lowest BCUT2D eigenvalue weighted by atomic mass is 10.1. The van der Waals surface area contributed by atoms with Gasteiger partial charge in [0.2, 0.25) is 0 Å². The van der Waals surface area contributed by atoms with Crippen molar-refractivity contribution in [1.29, 1.82) is 5.26 Å². The van der Waals surface area contributed by atoms with Crippen LogP contribution in [0, 0.1) is 11.3 Å². The molecule has 70 valence electrons. The number of rotatable bonds is 1. The SMILES string of the molecule is COc1cc2c(O)csc2cc1C#N. The van der Waals surface area contributed by atoms with Crippen molar-refractivity contribution >= 4 is 21.4 Å². The molecule has 0 saturated heterocycles. The number of thiophene rings is 1. The Labute approximate surface area is 84.8 Å². The molecular weight excluding hydrogens is 198 g/mol. The highest BCUT2D eigenvalue weighted by Crippen LogP contribution is 2.35. The quantitative estimate of drug-likeness (QED) is 0.778. The molecule has 0 amide bonds. The maximum absolute atomic E-state index is 9.47. The summed E-state index contributed by atoms with van der Waals surface area (Å²) in [5, 5.41) is 20.7. The van der Waals surface area contributed by atoms with Gasteiger partial charge < -0.3 is 9.84 Å². The first kappa shape index (κ1) is 8.85. The first-order chi connectivity index (χ1) is 6.76. The van der Waals surface area contributed by atoms with Crippen molar-refractivity contribution in [2.75, 3.05) is 7.11 Å². The Morgan fingerprint density at radius 3 is 2.93 bits per heavy atom. The maximum atomic E-state index is 9.47. The van der Waals surface area contributed by atoms with Crippen molar-refractivity contribution in [3.05, 3.63) is 23.1 Å². The topological polar surface area (TPSA) is 53.2 Å². The third-order valence-corrected chi connectivity index (χ3v) is 2.93. The summed E-state index contributed by atoms with van der Waals surface area (Å²) < 4.78 is 5.93. The molecule has 0 aliphatic carbocycles. The van der Waals surface area contributed by atoms with Crippen LogP contribution in [0.4, 0.5) is 0 Å². The van der Waals surface area contributed by atoms with E-state index in [0.29, 0.717) is 11.3 Å². The highest BCUT2D eigenvalue weighted by Gasteiger charge is 2.08. The summed E-state index contributed by atoms with van der Waals surface area (Å²) in [6.45, 7) is 0. The van der Waals surface area contributed by atoms with Gasteiger partial charge in [-0.2, -0.15) is 5.26 Å². The van der Waals surface area contributed by atoms with Gasteiger partial charge in [0.15, 0.2) is 0 Å². The summed E-state index contributed by atoms with van der Waals surface area (Å²) in [5.74, 6) is 0.724. The first-order valence-corrected chi connectivity index (χ1v) is 4.82. The van der Waals surface area contributed by atoms with Crippen LogP contribution in [0.1, 0.15) is 5.56 Å². The van der Waals surface area contributed by atoms with Crippen LogP contribution in [-0.2, 0) is 0 Å². The van der Waals surface area contributed by atoms with Crippen LogP contribution in [0.3, 0.4) is 0 Å². The molecular formula is C10H7NO2S. The van der Waals surface area contributed by atoms with Crippen molar-refractivity contribution in [3.8, 4) is 17.6 Å². The van der Waals surface area contributed by atoms with E-state index in [1.165, 1.54) is 18.4 Å². The van der Waals surface area contributed by atoms with Gasteiger partial charge in [0, 0.05) is 15.5 Å². The molecule has 0 radical (unpaired) electrons. The molecule has 3 nitrogen and oxygen atoms in total. The van der Waals surface area contributed by atoms with Gasteiger partial charge in [0.25, 0.3) is 0 Å². The molecule has 4 heteroatoms. The average molecular weight is 205 g/mol. The molecule has 0 bridgehead atoms. The normalized spacial score (nSPS) is 10.0. The number of nitrogens with zero attached hydrogens (tertiary/aromatic N) is 1. The summed E-state index contributed by atoms with van der Waals surface area (Å²) in [5.41, 5.74) is 0.488. The van der Waals surface area contributed by atoms with Crippen molar-refractivity contribution in [3.63, 3.8) is 0 Å². The van der Waals surface area contributed by atoms with Crippen LogP contribution < -0.4 is 4.74 Å². The summed E-state index contributed by atoms with van der Waals surface area (Å²) >= 11 is 1.41. The molecule has 0 fully saturated rings. The lowest BCUT2D eigenvalue weighted by molar-refractivity contribution is 0.414. The van der Waals surface area contributed by atoms with Gasteiger partial charge in [-0.05, 0) is 12.1 Å². The summed E-state index contributed by atoms with van der Waals surface area (Å²) in [6.07, 6.45) is 0. The molecule has 0 aliphatic heterocycles. The summed E-state index contributed by atoms with van der Waals surface area (Å²) in [4.78, 5) is 0. The van der Waals surface area contributed by atoms with E-state index in [-0.39, 0.29) is 5.75 Å². The number of fused-ring (bicyclic) bond motifs is 1. The fourth-order valence-corrected chi connectivity index (χ4v) is 2.14. The fraction of sp³-hybridized carbons (Fsp3) is 0.100. The summed E-state index contributed by atoms with van der Waals surface area (Å²) in [6, 6.07) is 5.45. The number of hydrogen-bond acceptors (Lipinski definition) is 4. The minimum atomic E-state index is 0.229. The number of hydrogen-bond donors (Lipinski definition) is 1. The zero-order chi connectivity index (χ0) is 10.1. The highest BCUT2D eigenvalue weighted by atomic mass is 32.1. The number of benzene rings is 1. The summed E-state index contributed by atoms with van der Waals surface area (Å²) in [7, 11) is 1.51. The molecule has 0 unspecified atom stereocenters. The van der Waals surface area contributed by atoms with Crippen molar-refractivity contribution in [1.82, 2.24) is 0 Å². The van der Waals surface area contributed by atoms with E-state index in [4.69, 9.17) is 10.00 Å². The van der Waals surface area contributed by atoms with E-state index < -0.39 is 0 Å². The monoisotopic (exact) mass is 205 g/mol. The van der Waals surface area contributed by atoms with Gasteiger partial charge >= 0.3 is 0 Å². The Bertz CT molecular complexity index is 525. The third-order valence-electron chi connectivity index (χ3n) is 2.00. The number of ether oxygens (including phenoxy) is 1. The van der Waals surface area contributed by atoms with Gasteiger partial charge in [0.1, 0.15) is 17.6 Å². The second-order valence-electron chi connectivity index (χ2n) is 2.78. The Morgan fingerprint density at radius 1 is 1.50 bits per heavy atom. The van der Waals surface area contributed by atoms with Gasteiger partial charge in [-0.3, -0.25) is 0 Å². The number of nitriles is 1. The average Bonchev–Trinajstić information content (AvgIpc) is 2.58. The van der Waals surface area contributed by atoms with Crippen LogP contribution in [0.25, 0.3) is 10.1 Å². The molecule has 1 aromatic heterocycles. The highest BCUT2D eigenvalue weighted by molar-refractivity contribution is 7.17. The van der Waals surface area contributed by atoms with Gasteiger partial charge in [-0.1, -0.05) is 0 Å². The molecule has 0 saturated carbocycles. The molecule has 2 rings (SSSR count). The van der Waals surface area contributed by atoms with Crippen LogP contribution in [0.2, 0.25) is 0 Å². The van der Waals surface area contributed by atoms with Crippen molar-refractivity contribution in [2.24, 2.45) is 0 Å². The fourth-order valence-electron chi connectivity index (χ4n) is 1.30. The lowest BCUT2D eigenvalue weighted by Gasteiger charge is -2.02. The van der Waals surface area contributed by atoms with Crippen LogP contribution in [-0.4, -0.2) is 12.2 Å². The van der Waals surface area contributed by atoms with Gasteiger partial charge in [-0.15, -0.1) is 11.3 Å². The largest absolute Gasteiger partial charge is 0.506 e. The predicted molar refractivity (Wildman–Crippen MR) is 54.8 cm³/mol. The molecule has 14 heavy (non-hydrogen) atoms. The predicted octanol–water partition coefficient (Wildman–Crippen LogP) is 2.49. The first-order valence-electron chi connectivity index (χ1n) is 3.94. The van der Waals surface area contributed by atoms with Gasteiger partial charge in [0.05, 0.1) is 12.7 Å². The standard InChI is InChI=1S/C10H7NO2S/c1-13-9-3-7-8(12)5-14-10(7)2-6(9)4-11/h2-3,5,12H,1H3. The smallest absolute Gasteiger partial charge is 0.137 e. The Kier molecular flexibility index (Phi) is 2.02. The molecule has 2 aromatic rings. The van der Waals surface area contributed by atoms with Crippen molar-refractivity contribution < 1.29 is 9.84 Å². The third kappa shape index (κ3) is 1.19. The molecule has 0 atom stereocenters. The minimum Gasteiger partial charge on any atom is -0.506 e. The Hall–Kier alpha value is -1.73. The maximum Gasteiger partial charge on any atom is 0.137 e. The molecule has 1 N–H and O–H groups in total. The van der Waals surface area contributed by atoms with E-state index in [9.17, 15) is 5.11 Å². The van der Waals surface area contributed by atoms with Crippen LogP contribution in [0.5, 0.6) is 11.5 Å². The second kappa shape index (κ2) is 3.20. The van der Waals surface area contributed by atoms with E-state index in [0.717, 1.165) is 10.1 Å². The Morgan fingerprint density at radius 2 is 2.29 bits per heavy atom. The second-order valence-corrected chi connectivity index (χ2v) is 3.69. The van der Waals surface area contributed by atoms with E-state index in [1.807, 2.05) is 6.07 Å². The van der Waals surface area contributed by atoms with E-state index in [2.05, 4.69) is 0 Å². The molecule has 0 aliphatic rings. The number of methoxy groups -OCH3 is 1. The zero-order valence-corrected chi connectivity index (χ0v) is 8.26. The van der Waals surface area contributed by atoms with Gasteiger partial charge in [-0.25, -0.2) is 0 Å². The number of aromatic hydroxyl groups is 1. The van der Waals surface area contributed by atoms with Crippen LogP contribution >= 0.6 is 11.3 Å². The van der Waals surface area contributed by atoms with Crippen molar-refractivity contribution in [2.45, 2.75) is 0 Å². The molecule has 1 heterocycles. The van der Waals surface area contributed by atoms with E-state index in [1.54, 1.807) is 17.5 Å². The zero-order valence-electron chi connectivity index (χ0n) is 7.44. The molecule has 1 aromatic carbocycles. The van der Waals surface area contributed by atoms with Crippen LogP contribution in [0.15, 0.2) is 17.5 Å². The minimum absolute atomic E-state index is 0.229. The Balaban J connectivity index is 2.79.